The van der Waals surface area contributed by atoms with Gasteiger partial charge in [-0.1, -0.05) is 19.8 Å². The molecule has 3 rings (SSSR count). The molecule has 3 fully saturated rings. The van der Waals surface area contributed by atoms with Gasteiger partial charge in [-0.3, -0.25) is 14.4 Å². The third kappa shape index (κ3) is 3.54. The second kappa shape index (κ2) is 8.60. The van der Waals surface area contributed by atoms with E-state index >= 15 is 0 Å². The molecule has 29 heavy (non-hydrogen) atoms. The van der Waals surface area contributed by atoms with Crippen LogP contribution in [0.3, 0.4) is 0 Å². The van der Waals surface area contributed by atoms with Crippen LogP contribution < -0.4 is 10.6 Å². The summed E-state index contributed by atoms with van der Waals surface area (Å²) in [4.78, 5) is 41.0. The number of aliphatic hydroxyl groups is 1. The number of likely N-dealkylation sites (tertiary alicyclic amines) is 1. The van der Waals surface area contributed by atoms with E-state index in [1.54, 1.807) is 11.9 Å². The predicted molar refractivity (Wildman–Crippen MR) is 107 cm³/mol. The molecule has 3 aliphatic rings. The molecule has 0 saturated carbocycles. The zero-order valence-corrected chi connectivity index (χ0v) is 17.8. The third-order valence-corrected chi connectivity index (χ3v) is 6.94. The molecule has 8 heteroatoms. The average molecular weight is 410 g/mol. The summed E-state index contributed by atoms with van der Waals surface area (Å²) in [6.07, 6.45) is 5.40. The smallest absolute Gasteiger partial charge is 0.245 e. The van der Waals surface area contributed by atoms with Gasteiger partial charge in [0.1, 0.15) is 11.6 Å². The van der Waals surface area contributed by atoms with E-state index in [2.05, 4.69) is 17.6 Å². The van der Waals surface area contributed by atoms with Crippen molar-refractivity contribution in [2.45, 2.75) is 76.0 Å². The number of nitrogens with zero attached hydrogens (tertiary/aromatic N) is 1. The van der Waals surface area contributed by atoms with Gasteiger partial charge in [0.15, 0.2) is 0 Å². The number of aliphatic hydroxyl groups excluding tert-OH is 1. The van der Waals surface area contributed by atoms with Crippen LogP contribution in [-0.4, -0.2) is 71.7 Å². The number of nitrogens with one attached hydrogen (secondary N) is 2. The van der Waals surface area contributed by atoms with Crippen LogP contribution in [0.25, 0.3) is 0 Å². The lowest BCUT2D eigenvalue weighted by Crippen LogP contribution is -2.55. The number of hydrogen-bond donors (Lipinski definition) is 3. The third-order valence-electron chi connectivity index (χ3n) is 6.94. The van der Waals surface area contributed by atoms with Crippen molar-refractivity contribution in [1.29, 1.82) is 0 Å². The zero-order valence-electron chi connectivity index (χ0n) is 17.8. The Bertz CT molecular complexity index is 656. The Labute approximate surface area is 172 Å². The van der Waals surface area contributed by atoms with Crippen LogP contribution in [0.15, 0.2) is 0 Å². The molecule has 3 aliphatic heterocycles. The number of hydrogen-bond acceptors (Lipinski definition) is 5. The van der Waals surface area contributed by atoms with Gasteiger partial charge in [-0.2, -0.15) is 0 Å². The molecule has 2 bridgehead atoms. The highest BCUT2D eigenvalue weighted by Crippen LogP contribution is 2.63. The maximum absolute atomic E-state index is 13.5. The van der Waals surface area contributed by atoms with Crippen molar-refractivity contribution in [2.24, 2.45) is 11.8 Å². The Morgan fingerprint density at radius 3 is 2.62 bits per heavy atom. The quantitative estimate of drug-likeness (QED) is 0.458. The van der Waals surface area contributed by atoms with E-state index in [1.807, 2.05) is 6.92 Å². The first-order chi connectivity index (χ1) is 13.9. The Hall–Kier alpha value is -1.67. The van der Waals surface area contributed by atoms with Crippen molar-refractivity contribution in [3.05, 3.63) is 0 Å². The van der Waals surface area contributed by atoms with Crippen molar-refractivity contribution in [2.75, 3.05) is 26.7 Å². The van der Waals surface area contributed by atoms with Gasteiger partial charge in [0, 0.05) is 26.7 Å². The summed E-state index contributed by atoms with van der Waals surface area (Å²) >= 11 is 0. The van der Waals surface area contributed by atoms with Crippen molar-refractivity contribution < 1.29 is 24.2 Å². The molecule has 1 spiro atoms. The van der Waals surface area contributed by atoms with Gasteiger partial charge >= 0.3 is 0 Å². The summed E-state index contributed by atoms with van der Waals surface area (Å²) in [7, 11) is 1.57. The van der Waals surface area contributed by atoms with Gasteiger partial charge in [0.2, 0.25) is 17.7 Å². The topological polar surface area (TPSA) is 108 Å². The van der Waals surface area contributed by atoms with E-state index in [0.717, 1.165) is 19.3 Å². The average Bonchev–Trinajstić information content (AvgIpc) is 3.26. The molecule has 2 unspecified atom stereocenters. The minimum absolute atomic E-state index is 0.0416. The Balaban J connectivity index is 1.89. The number of rotatable bonds is 10. The Morgan fingerprint density at radius 1 is 1.21 bits per heavy atom. The van der Waals surface area contributed by atoms with Crippen LogP contribution in [-0.2, 0) is 19.1 Å². The molecule has 0 aromatic rings. The number of amides is 3. The normalized spacial score (nSPS) is 35.1. The summed E-state index contributed by atoms with van der Waals surface area (Å²) in [6.45, 7) is 4.98. The van der Waals surface area contributed by atoms with Gasteiger partial charge in [-0.25, -0.2) is 0 Å². The molecule has 5 atom stereocenters. The highest BCUT2D eigenvalue weighted by Gasteiger charge is 2.77. The van der Waals surface area contributed by atoms with E-state index in [4.69, 9.17) is 9.84 Å². The van der Waals surface area contributed by atoms with E-state index in [-0.39, 0.29) is 24.3 Å². The van der Waals surface area contributed by atoms with Crippen molar-refractivity contribution >= 4 is 17.7 Å². The molecule has 0 aromatic carbocycles. The van der Waals surface area contributed by atoms with Gasteiger partial charge < -0.3 is 25.4 Å². The second-order valence-corrected chi connectivity index (χ2v) is 8.80. The second-order valence-electron chi connectivity index (χ2n) is 8.80. The van der Waals surface area contributed by atoms with Crippen LogP contribution >= 0.6 is 0 Å². The molecule has 3 N–H and O–H groups in total. The van der Waals surface area contributed by atoms with Crippen LogP contribution in [0.2, 0.25) is 0 Å². The van der Waals surface area contributed by atoms with Crippen molar-refractivity contribution in [3.63, 3.8) is 0 Å². The molecule has 3 heterocycles. The first-order valence-corrected chi connectivity index (χ1v) is 11.0. The number of carbonyl (C=O) groups excluding carboxylic acids is 3. The van der Waals surface area contributed by atoms with E-state index in [9.17, 15) is 14.4 Å². The molecule has 3 saturated heterocycles. The summed E-state index contributed by atoms with van der Waals surface area (Å²) in [5.41, 5.74) is -1.67. The lowest BCUT2D eigenvalue weighted by atomic mass is 9.66. The zero-order chi connectivity index (χ0) is 21.2. The van der Waals surface area contributed by atoms with E-state index in [0.29, 0.717) is 38.8 Å². The highest BCUT2D eigenvalue weighted by atomic mass is 16.5. The summed E-state index contributed by atoms with van der Waals surface area (Å²) in [6, 6.07) is -0.725. The van der Waals surface area contributed by atoms with E-state index in [1.165, 1.54) is 0 Å². The number of unbranched alkanes of at least 4 members (excludes halogenated alkanes) is 3. The highest BCUT2D eigenvalue weighted by molar-refractivity contribution is 5.99. The minimum Gasteiger partial charge on any atom is -0.396 e. The maximum atomic E-state index is 13.5. The number of fused-ring (bicyclic) bond motifs is 1. The van der Waals surface area contributed by atoms with Gasteiger partial charge in [-0.05, 0) is 39.0 Å². The molecular formula is C21H35N3O5. The molecule has 0 aliphatic carbocycles. The van der Waals surface area contributed by atoms with Gasteiger partial charge in [0.05, 0.1) is 17.4 Å². The van der Waals surface area contributed by atoms with Crippen molar-refractivity contribution in [3.8, 4) is 0 Å². The fraction of sp³-hybridized carbons (Fsp3) is 0.857. The van der Waals surface area contributed by atoms with E-state index < -0.39 is 29.1 Å². The Morgan fingerprint density at radius 2 is 1.97 bits per heavy atom. The SMILES string of the molecule is CCCCCNC(=O)C1N(CCCCO)C(=O)[C@@H]2[C@H](C(=O)NC)[C@]3(C)CCC12O3. The lowest BCUT2D eigenvalue weighted by molar-refractivity contribution is -0.146. The minimum atomic E-state index is -0.947. The molecule has 0 aromatic heterocycles. The summed E-state index contributed by atoms with van der Waals surface area (Å²) in [5.74, 6) is -1.79. The monoisotopic (exact) mass is 409 g/mol. The van der Waals surface area contributed by atoms with Gasteiger partial charge in [-0.15, -0.1) is 0 Å². The molecule has 164 valence electrons. The largest absolute Gasteiger partial charge is 0.396 e. The maximum Gasteiger partial charge on any atom is 0.245 e. The molecular weight excluding hydrogens is 374 g/mol. The summed E-state index contributed by atoms with van der Waals surface area (Å²) < 4.78 is 6.44. The molecule has 0 radical (unpaired) electrons. The fourth-order valence-electron chi connectivity index (χ4n) is 5.60. The standard InChI is InChI=1S/C21H35N3O5/c1-4-5-6-11-23-18(27)16-21-10-9-20(2,29-21)14(17(26)22-3)15(21)19(28)24(16)12-7-8-13-25/h14-16,25H,4-13H2,1-3H3,(H,22,26)(H,23,27)/t14-,15+,16?,20+,21?/m1/s1. The first-order valence-electron chi connectivity index (χ1n) is 11.0. The van der Waals surface area contributed by atoms with Crippen LogP contribution in [0.4, 0.5) is 0 Å². The first kappa shape index (κ1) is 22.0. The van der Waals surface area contributed by atoms with Crippen LogP contribution in [0.5, 0.6) is 0 Å². The predicted octanol–water partition coefficient (Wildman–Crippen LogP) is 0.576. The fourth-order valence-corrected chi connectivity index (χ4v) is 5.60. The Kier molecular flexibility index (Phi) is 6.53. The van der Waals surface area contributed by atoms with Crippen LogP contribution in [0, 0.1) is 11.8 Å². The van der Waals surface area contributed by atoms with Gasteiger partial charge in [0.25, 0.3) is 0 Å². The molecule has 8 nitrogen and oxygen atoms in total. The number of carbonyl (C=O) groups is 3. The van der Waals surface area contributed by atoms with Crippen LogP contribution in [0.1, 0.15) is 58.8 Å². The number of ether oxygens (including phenoxy) is 1. The summed E-state index contributed by atoms with van der Waals surface area (Å²) in [5, 5.41) is 14.8. The van der Waals surface area contributed by atoms with Crippen molar-refractivity contribution in [1.82, 2.24) is 15.5 Å². The lowest BCUT2D eigenvalue weighted by Gasteiger charge is -2.33. The molecule has 3 amide bonds.